The van der Waals surface area contributed by atoms with E-state index in [2.05, 4.69) is 37.9 Å². The lowest BCUT2D eigenvalue weighted by Crippen LogP contribution is -1.97. The van der Waals surface area contributed by atoms with Crippen LogP contribution in [0.2, 0.25) is 10.0 Å². The number of benzene rings is 1. The molecule has 1 aromatic heterocycles. The van der Waals surface area contributed by atoms with Gasteiger partial charge >= 0.3 is 0 Å². The Morgan fingerprint density at radius 3 is 2.75 bits per heavy atom. The van der Waals surface area contributed by atoms with Crippen LogP contribution < -0.4 is 5.32 Å². The highest BCUT2D eigenvalue weighted by Gasteiger charge is 2.05. The van der Waals surface area contributed by atoms with E-state index in [-0.39, 0.29) is 0 Å². The molecule has 1 N–H and O–H groups in total. The molecule has 0 saturated heterocycles. The molecule has 0 fully saturated rings. The van der Waals surface area contributed by atoms with E-state index in [1.807, 2.05) is 6.07 Å². The molecule has 0 radical (unpaired) electrons. The van der Waals surface area contributed by atoms with Crippen LogP contribution in [0.4, 0.5) is 11.5 Å². The fourth-order valence-electron chi connectivity index (χ4n) is 1.12. The van der Waals surface area contributed by atoms with E-state index in [0.29, 0.717) is 10.0 Å². The number of halogens is 3. The summed E-state index contributed by atoms with van der Waals surface area (Å²) in [7, 11) is 0. The summed E-state index contributed by atoms with van der Waals surface area (Å²) >= 11 is 14.0. The van der Waals surface area contributed by atoms with E-state index in [1.165, 1.54) is 6.33 Å². The monoisotopic (exact) mass is 365 g/mol. The minimum atomic E-state index is 0.557. The van der Waals surface area contributed by atoms with Crippen molar-refractivity contribution in [3.8, 4) is 0 Å². The number of nitrogens with zero attached hydrogens (tertiary/aromatic N) is 2. The maximum Gasteiger partial charge on any atom is 0.147 e. The number of nitrogens with one attached hydrogen (secondary N) is 1. The van der Waals surface area contributed by atoms with Gasteiger partial charge in [-0.3, -0.25) is 0 Å². The van der Waals surface area contributed by atoms with Gasteiger partial charge in [0.25, 0.3) is 0 Å². The highest BCUT2D eigenvalue weighted by molar-refractivity contribution is 14.1. The Morgan fingerprint density at radius 1 is 1.25 bits per heavy atom. The Kier molecular flexibility index (Phi) is 3.83. The predicted molar refractivity (Wildman–Crippen MR) is 74.5 cm³/mol. The summed E-state index contributed by atoms with van der Waals surface area (Å²) < 4.78 is 0.922. The molecule has 0 saturated carbocycles. The predicted octanol–water partition coefficient (Wildman–Crippen LogP) is 4.13. The first-order valence-electron chi connectivity index (χ1n) is 4.34. The van der Waals surface area contributed by atoms with Gasteiger partial charge in [-0.1, -0.05) is 23.2 Å². The van der Waals surface area contributed by atoms with Crippen LogP contribution in [0.3, 0.4) is 0 Å². The van der Waals surface area contributed by atoms with Crippen LogP contribution in [0.15, 0.2) is 30.7 Å². The number of anilines is 2. The van der Waals surface area contributed by atoms with E-state index < -0.39 is 0 Å². The Labute approximate surface area is 116 Å². The van der Waals surface area contributed by atoms with Crippen molar-refractivity contribution in [2.24, 2.45) is 0 Å². The molecule has 0 amide bonds. The van der Waals surface area contributed by atoms with Gasteiger partial charge in [0.15, 0.2) is 0 Å². The number of hydrogen-bond acceptors (Lipinski definition) is 3. The fourth-order valence-corrected chi connectivity index (χ4v) is 2.01. The summed E-state index contributed by atoms with van der Waals surface area (Å²) in [6.45, 7) is 0. The lowest BCUT2D eigenvalue weighted by atomic mass is 10.3. The highest BCUT2D eigenvalue weighted by Crippen LogP contribution is 2.28. The summed E-state index contributed by atoms with van der Waals surface area (Å²) in [5.41, 5.74) is 0.766. The largest absolute Gasteiger partial charge is 0.338 e. The molecule has 2 aromatic rings. The second-order valence-corrected chi connectivity index (χ2v) is 4.97. The first-order chi connectivity index (χ1) is 7.66. The minimum absolute atomic E-state index is 0.557. The summed E-state index contributed by atoms with van der Waals surface area (Å²) in [6, 6.07) is 5.26. The third-order valence-electron chi connectivity index (χ3n) is 1.85. The molecule has 6 heteroatoms. The van der Waals surface area contributed by atoms with Crippen molar-refractivity contribution in [2.45, 2.75) is 0 Å². The van der Waals surface area contributed by atoms with E-state index in [1.54, 1.807) is 18.3 Å². The standard InChI is InChI=1S/C10H6Cl2IN3/c11-6-1-2-9(7(12)3-6)16-10-8(13)4-14-5-15-10/h1-5H,(H,14,15,16). The van der Waals surface area contributed by atoms with Gasteiger partial charge < -0.3 is 5.32 Å². The average Bonchev–Trinajstić information content (AvgIpc) is 2.25. The van der Waals surface area contributed by atoms with E-state index >= 15 is 0 Å². The first-order valence-corrected chi connectivity index (χ1v) is 6.18. The molecule has 0 atom stereocenters. The summed E-state index contributed by atoms with van der Waals surface area (Å²) in [5, 5.41) is 4.28. The Morgan fingerprint density at radius 2 is 2.06 bits per heavy atom. The van der Waals surface area contributed by atoms with Crippen LogP contribution in [-0.4, -0.2) is 9.97 Å². The van der Waals surface area contributed by atoms with Crippen molar-refractivity contribution in [3.63, 3.8) is 0 Å². The van der Waals surface area contributed by atoms with Crippen LogP contribution >= 0.6 is 45.8 Å². The van der Waals surface area contributed by atoms with Crippen molar-refractivity contribution >= 4 is 57.3 Å². The van der Waals surface area contributed by atoms with Gasteiger partial charge in [-0.25, -0.2) is 9.97 Å². The van der Waals surface area contributed by atoms with Crippen LogP contribution in [0.1, 0.15) is 0 Å². The van der Waals surface area contributed by atoms with Gasteiger partial charge in [-0.2, -0.15) is 0 Å². The molecular formula is C10H6Cl2IN3. The molecule has 0 unspecified atom stereocenters. The van der Waals surface area contributed by atoms with Crippen LogP contribution in [-0.2, 0) is 0 Å². The normalized spacial score (nSPS) is 10.2. The van der Waals surface area contributed by atoms with Crippen LogP contribution in [0.5, 0.6) is 0 Å². The molecule has 82 valence electrons. The Balaban J connectivity index is 2.31. The first kappa shape index (κ1) is 11.9. The summed E-state index contributed by atoms with van der Waals surface area (Å²) in [4.78, 5) is 8.03. The number of rotatable bonds is 2. The Bertz CT molecular complexity index is 519. The zero-order valence-electron chi connectivity index (χ0n) is 7.92. The quantitative estimate of drug-likeness (QED) is 0.813. The smallest absolute Gasteiger partial charge is 0.147 e. The van der Waals surface area contributed by atoms with Gasteiger partial charge in [-0.15, -0.1) is 0 Å². The third-order valence-corrected chi connectivity index (χ3v) is 3.19. The molecule has 0 spiro atoms. The number of aromatic nitrogens is 2. The van der Waals surface area contributed by atoms with Gasteiger partial charge in [0.2, 0.25) is 0 Å². The van der Waals surface area contributed by atoms with Gasteiger partial charge in [-0.05, 0) is 40.8 Å². The van der Waals surface area contributed by atoms with Gasteiger partial charge in [0.1, 0.15) is 12.1 Å². The second-order valence-electron chi connectivity index (χ2n) is 2.97. The van der Waals surface area contributed by atoms with Crippen molar-refractivity contribution in [1.29, 1.82) is 0 Å². The van der Waals surface area contributed by atoms with Gasteiger partial charge in [0, 0.05) is 11.2 Å². The molecule has 1 aromatic carbocycles. The highest BCUT2D eigenvalue weighted by atomic mass is 127. The lowest BCUT2D eigenvalue weighted by Gasteiger charge is -2.08. The van der Waals surface area contributed by atoms with Crippen LogP contribution in [0, 0.1) is 3.57 Å². The van der Waals surface area contributed by atoms with E-state index in [0.717, 1.165) is 15.1 Å². The fraction of sp³-hybridized carbons (Fsp3) is 0. The van der Waals surface area contributed by atoms with Crippen molar-refractivity contribution in [3.05, 3.63) is 44.3 Å². The maximum atomic E-state index is 6.04. The molecule has 1 heterocycles. The van der Waals surface area contributed by atoms with E-state index in [9.17, 15) is 0 Å². The molecule has 2 rings (SSSR count). The number of hydrogen-bond donors (Lipinski definition) is 1. The average molecular weight is 366 g/mol. The molecule has 3 nitrogen and oxygen atoms in total. The SMILES string of the molecule is Clc1ccc(Nc2ncncc2I)c(Cl)c1. The molecule has 0 bridgehead atoms. The molecule has 0 aliphatic carbocycles. The van der Waals surface area contributed by atoms with Crippen molar-refractivity contribution in [1.82, 2.24) is 9.97 Å². The zero-order valence-corrected chi connectivity index (χ0v) is 11.6. The van der Waals surface area contributed by atoms with Crippen molar-refractivity contribution < 1.29 is 0 Å². The van der Waals surface area contributed by atoms with Crippen molar-refractivity contribution in [2.75, 3.05) is 5.32 Å². The maximum absolute atomic E-state index is 6.04. The van der Waals surface area contributed by atoms with E-state index in [4.69, 9.17) is 23.2 Å². The van der Waals surface area contributed by atoms with Crippen LogP contribution in [0.25, 0.3) is 0 Å². The second kappa shape index (κ2) is 5.16. The molecule has 16 heavy (non-hydrogen) atoms. The summed E-state index contributed by atoms with van der Waals surface area (Å²) in [5.74, 6) is 0.722. The topological polar surface area (TPSA) is 37.8 Å². The lowest BCUT2D eigenvalue weighted by molar-refractivity contribution is 1.15. The zero-order chi connectivity index (χ0) is 11.5. The van der Waals surface area contributed by atoms with Gasteiger partial charge in [0.05, 0.1) is 14.3 Å². The third kappa shape index (κ3) is 2.75. The molecular weight excluding hydrogens is 360 g/mol. The minimum Gasteiger partial charge on any atom is -0.338 e. The molecule has 0 aliphatic rings. The summed E-state index contributed by atoms with van der Waals surface area (Å²) in [6.07, 6.45) is 3.20. The molecule has 0 aliphatic heterocycles. The Hall–Kier alpha value is -0.590.